The maximum absolute atomic E-state index is 12.3. The fourth-order valence-electron chi connectivity index (χ4n) is 2.62. The van der Waals surface area contributed by atoms with E-state index in [0.29, 0.717) is 22.1 Å². The summed E-state index contributed by atoms with van der Waals surface area (Å²) < 4.78 is 12.5. The molecular weight excluding hydrogens is 378 g/mol. The van der Waals surface area contributed by atoms with Crippen LogP contribution in [0, 0.1) is 6.92 Å². The molecule has 1 amide bonds. The van der Waals surface area contributed by atoms with Crippen molar-refractivity contribution < 1.29 is 14.3 Å². The highest BCUT2D eigenvalue weighted by Gasteiger charge is 2.14. The van der Waals surface area contributed by atoms with Gasteiger partial charge in [-0.1, -0.05) is 29.5 Å². The molecule has 0 radical (unpaired) electrons. The van der Waals surface area contributed by atoms with Gasteiger partial charge in [-0.25, -0.2) is 0 Å². The number of ether oxygens (including phenoxy) is 2. The van der Waals surface area contributed by atoms with Crippen LogP contribution in [0.1, 0.15) is 5.82 Å². The fraction of sp³-hybridized carbons (Fsp3) is 0.158. The van der Waals surface area contributed by atoms with Gasteiger partial charge in [0.05, 0.1) is 12.8 Å². The van der Waals surface area contributed by atoms with Crippen LogP contribution in [0.5, 0.6) is 11.5 Å². The number of fused-ring (bicyclic) bond motifs is 1. The van der Waals surface area contributed by atoms with Gasteiger partial charge in [0.1, 0.15) is 16.5 Å². The average Bonchev–Trinajstić information content (AvgIpc) is 3.29. The molecule has 0 atom stereocenters. The second kappa shape index (κ2) is 7.65. The van der Waals surface area contributed by atoms with Crippen LogP contribution in [-0.2, 0) is 4.79 Å². The topological polar surface area (TPSA) is 90.6 Å². The number of benzene rings is 2. The van der Waals surface area contributed by atoms with Gasteiger partial charge in [0.2, 0.25) is 4.96 Å². The number of para-hydroxylation sites is 1. The lowest BCUT2D eigenvalue weighted by molar-refractivity contribution is -0.118. The lowest BCUT2D eigenvalue weighted by atomic mass is 10.2. The average molecular weight is 395 g/mol. The Morgan fingerprint density at radius 3 is 2.75 bits per heavy atom. The summed E-state index contributed by atoms with van der Waals surface area (Å²) >= 11 is 1.42. The molecule has 0 bridgehead atoms. The van der Waals surface area contributed by atoms with Crippen LogP contribution in [0.25, 0.3) is 15.5 Å². The Kier molecular flexibility index (Phi) is 4.90. The molecule has 0 saturated heterocycles. The molecule has 2 aromatic heterocycles. The van der Waals surface area contributed by atoms with Crippen molar-refractivity contribution in [3.63, 3.8) is 0 Å². The number of aromatic nitrogens is 4. The number of carbonyl (C=O) groups is 1. The molecule has 0 aliphatic rings. The highest BCUT2D eigenvalue weighted by atomic mass is 32.1. The minimum atomic E-state index is -0.284. The van der Waals surface area contributed by atoms with E-state index in [1.165, 1.54) is 11.3 Å². The summed E-state index contributed by atoms with van der Waals surface area (Å²) in [6.45, 7) is 1.74. The van der Waals surface area contributed by atoms with Crippen molar-refractivity contribution in [3.05, 3.63) is 54.4 Å². The van der Waals surface area contributed by atoms with Gasteiger partial charge in [0, 0.05) is 5.56 Å². The third kappa shape index (κ3) is 3.65. The number of anilines is 1. The van der Waals surface area contributed by atoms with E-state index in [-0.39, 0.29) is 12.5 Å². The molecule has 1 N–H and O–H groups in total. The number of methoxy groups -OCH3 is 1. The smallest absolute Gasteiger partial charge is 0.262 e. The first-order valence-electron chi connectivity index (χ1n) is 8.49. The van der Waals surface area contributed by atoms with Crippen molar-refractivity contribution >= 4 is 27.9 Å². The van der Waals surface area contributed by atoms with Gasteiger partial charge in [0.15, 0.2) is 12.4 Å². The van der Waals surface area contributed by atoms with E-state index in [9.17, 15) is 4.79 Å². The summed E-state index contributed by atoms with van der Waals surface area (Å²) in [6.07, 6.45) is 0. The van der Waals surface area contributed by atoms with Gasteiger partial charge in [-0.2, -0.15) is 9.61 Å². The molecule has 0 fully saturated rings. The van der Waals surface area contributed by atoms with Crippen molar-refractivity contribution in [1.82, 2.24) is 19.8 Å². The molecule has 9 heteroatoms. The number of hydrogen-bond donors (Lipinski definition) is 1. The number of nitrogens with zero attached hydrogens (tertiary/aromatic N) is 4. The third-order valence-corrected chi connectivity index (χ3v) is 4.93. The van der Waals surface area contributed by atoms with Crippen LogP contribution < -0.4 is 14.8 Å². The standard InChI is InChI=1S/C19H17N5O3S/c1-12-21-22-19-24(12)23-18(28-19)13-8-9-16(26-2)15(10-13)20-17(25)11-27-14-6-4-3-5-7-14/h3-10H,11H2,1-2H3,(H,20,25). The minimum Gasteiger partial charge on any atom is -0.495 e. The molecule has 4 aromatic rings. The SMILES string of the molecule is COc1ccc(-c2nn3c(C)nnc3s2)cc1NC(=O)COc1ccccc1. The molecule has 8 nitrogen and oxygen atoms in total. The van der Waals surface area contributed by atoms with Gasteiger partial charge >= 0.3 is 0 Å². The molecule has 28 heavy (non-hydrogen) atoms. The molecular formula is C19H17N5O3S. The zero-order chi connectivity index (χ0) is 19.5. The van der Waals surface area contributed by atoms with E-state index in [2.05, 4.69) is 20.6 Å². The first-order valence-corrected chi connectivity index (χ1v) is 9.30. The van der Waals surface area contributed by atoms with E-state index in [1.807, 2.05) is 37.3 Å². The van der Waals surface area contributed by atoms with Crippen LogP contribution in [0.15, 0.2) is 48.5 Å². The maximum Gasteiger partial charge on any atom is 0.262 e. The van der Waals surface area contributed by atoms with Crippen molar-refractivity contribution in [2.45, 2.75) is 6.92 Å². The van der Waals surface area contributed by atoms with Gasteiger partial charge < -0.3 is 14.8 Å². The second-order valence-electron chi connectivity index (χ2n) is 5.91. The lowest BCUT2D eigenvalue weighted by Gasteiger charge is -2.12. The predicted octanol–water partition coefficient (Wildman–Crippen LogP) is 3.19. The summed E-state index contributed by atoms with van der Waals surface area (Å²) in [5.41, 5.74) is 1.39. The Bertz CT molecular complexity index is 1120. The summed E-state index contributed by atoms with van der Waals surface area (Å²) in [7, 11) is 1.55. The van der Waals surface area contributed by atoms with E-state index in [4.69, 9.17) is 9.47 Å². The van der Waals surface area contributed by atoms with E-state index in [1.54, 1.807) is 29.8 Å². The Hall–Kier alpha value is -3.46. The molecule has 4 rings (SSSR count). The molecule has 0 aliphatic carbocycles. The lowest BCUT2D eigenvalue weighted by Crippen LogP contribution is -2.20. The molecule has 2 heterocycles. The zero-order valence-corrected chi connectivity index (χ0v) is 16.1. The summed E-state index contributed by atoms with van der Waals surface area (Å²) in [5.74, 6) is 1.62. The van der Waals surface area contributed by atoms with Crippen LogP contribution in [0.3, 0.4) is 0 Å². The second-order valence-corrected chi connectivity index (χ2v) is 6.87. The largest absolute Gasteiger partial charge is 0.495 e. The van der Waals surface area contributed by atoms with Gasteiger partial charge in [-0.3, -0.25) is 4.79 Å². The Balaban J connectivity index is 1.53. The maximum atomic E-state index is 12.3. The monoisotopic (exact) mass is 395 g/mol. The van der Waals surface area contributed by atoms with Crippen LogP contribution in [0.4, 0.5) is 5.69 Å². The number of amides is 1. The first-order chi connectivity index (χ1) is 13.6. The fourth-order valence-corrected chi connectivity index (χ4v) is 3.50. The van der Waals surface area contributed by atoms with Crippen molar-refractivity contribution in [2.24, 2.45) is 0 Å². The van der Waals surface area contributed by atoms with Crippen molar-refractivity contribution in [1.29, 1.82) is 0 Å². The summed E-state index contributed by atoms with van der Waals surface area (Å²) in [6, 6.07) is 14.7. The number of hydrogen-bond acceptors (Lipinski definition) is 7. The molecule has 2 aromatic carbocycles. The first kappa shape index (κ1) is 17.9. The third-order valence-electron chi connectivity index (χ3n) is 3.98. The highest BCUT2D eigenvalue weighted by Crippen LogP contribution is 2.32. The highest BCUT2D eigenvalue weighted by molar-refractivity contribution is 7.19. The Labute approximate surface area is 164 Å². The Morgan fingerprint density at radius 1 is 1.18 bits per heavy atom. The molecule has 0 spiro atoms. The minimum absolute atomic E-state index is 0.104. The summed E-state index contributed by atoms with van der Waals surface area (Å²) in [4.78, 5) is 13.0. The number of aryl methyl sites for hydroxylation is 1. The predicted molar refractivity (Wildman–Crippen MR) is 106 cm³/mol. The molecule has 0 saturated carbocycles. The van der Waals surface area contributed by atoms with E-state index >= 15 is 0 Å². The van der Waals surface area contributed by atoms with Crippen molar-refractivity contribution in [2.75, 3.05) is 19.0 Å². The summed E-state index contributed by atoms with van der Waals surface area (Å²) in [5, 5.41) is 16.2. The molecule has 0 aliphatic heterocycles. The molecule has 142 valence electrons. The van der Waals surface area contributed by atoms with Crippen LogP contribution >= 0.6 is 11.3 Å². The quantitative estimate of drug-likeness (QED) is 0.539. The van der Waals surface area contributed by atoms with Crippen molar-refractivity contribution in [3.8, 4) is 22.1 Å². The van der Waals surface area contributed by atoms with Gasteiger partial charge in [-0.15, -0.1) is 10.2 Å². The van der Waals surface area contributed by atoms with E-state index < -0.39 is 0 Å². The Morgan fingerprint density at radius 2 is 2.00 bits per heavy atom. The van der Waals surface area contributed by atoms with E-state index in [0.717, 1.165) is 16.4 Å². The van der Waals surface area contributed by atoms with Crippen LogP contribution in [-0.4, -0.2) is 39.4 Å². The normalized spacial score (nSPS) is 10.8. The van der Waals surface area contributed by atoms with Crippen LogP contribution in [0.2, 0.25) is 0 Å². The number of rotatable bonds is 6. The number of carbonyl (C=O) groups excluding carboxylic acids is 1. The van der Waals surface area contributed by atoms with Gasteiger partial charge in [0.25, 0.3) is 5.91 Å². The molecule has 0 unspecified atom stereocenters. The zero-order valence-electron chi connectivity index (χ0n) is 15.2. The van der Waals surface area contributed by atoms with Gasteiger partial charge in [-0.05, 0) is 37.3 Å². The number of nitrogens with one attached hydrogen (secondary N) is 1.